The highest BCUT2D eigenvalue weighted by molar-refractivity contribution is 5.89. The Morgan fingerprint density at radius 1 is 0.929 bits per heavy atom. The van der Waals surface area contributed by atoms with Gasteiger partial charge in [-0.25, -0.2) is 0 Å². The largest absolute Gasteiger partial charge is 0.493 e. The maximum absolute atomic E-state index is 9.55. The first-order valence-electron chi connectivity index (χ1n) is 9.14. The molecule has 0 amide bonds. The fourth-order valence-electron chi connectivity index (χ4n) is 2.94. The lowest BCUT2D eigenvalue weighted by molar-refractivity contribution is 0.284. The monoisotopic (exact) mass is 369 g/mol. The lowest BCUT2D eigenvalue weighted by atomic mass is 10.0. The van der Waals surface area contributed by atoms with Gasteiger partial charge in [-0.05, 0) is 48.7 Å². The zero-order valence-electron chi connectivity index (χ0n) is 16.4. The van der Waals surface area contributed by atoms with Gasteiger partial charge in [0.2, 0.25) is 0 Å². The number of hydrogen-bond acceptors (Lipinski definition) is 3. The molecule has 0 radical (unpaired) electrons. The Labute approximate surface area is 166 Å². The Bertz CT molecular complexity index is 1030. The molecule has 0 bridgehead atoms. The van der Waals surface area contributed by atoms with Gasteiger partial charge in [0.05, 0.1) is 18.8 Å². The van der Waals surface area contributed by atoms with Gasteiger partial charge < -0.3 is 9.47 Å². The van der Waals surface area contributed by atoms with E-state index in [0.717, 1.165) is 22.3 Å². The van der Waals surface area contributed by atoms with Crippen molar-refractivity contribution in [3.05, 3.63) is 94.5 Å². The molecule has 0 heterocycles. The highest BCUT2D eigenvalue weighted by Gasteiger charge is 2.07. The van der Waals surface area contributed by atoms with Gasteiger partial charge in [-0.3, -0.25) is 0 Å². The van der Waals surface area contributed by atoms with Crippen molar-refractivity contribution in [3.8, 4) is 17.6 Å². The van der Waals surface area contributed by atoms with Crippen molar-refractivity contribution in [2.45, 2.75) is 20.5 Å². The second-order valence-corrected chi connectivity index (χ2v) is 6.72. The van der Waals surface area contributed by atoms with Gasteiger partial charge >= 0.3 is 0 Å². The number of rotatable bonds is 6. The van der Waals surface area contributed by atoms with Gasteiger partial charge in [-0.1, -0.05) is 65.7 Å². The minimum Gasteiger partial charge on any atom is -0.493 e. The van der Waals surface area contributed by atoms with Gasteiger partial charge in [0.15, 0.2) is 11.5 Å². The number of ether oxygens (including phenoxy) is 2. The van der Waals surface area contributed by atoms with Crippen LogP contribution in [0.3, 0.4) is 0 Å². The second kappa shape index (κ2) is 8.92. The SMILES string of the molecule is COc1cc(/C=C(/C#N)c2ccc(C)cc2)ccc1OCc1cccc(C)c1. The third-order valence-electron chi connectivity index (χ3n) is 4.46. The highest BCUT2D eigenvalue weighted by Crippen LogP contribution is 2.30. The van der Waals surface area contributed by atoms with Crippen molar-refractivity contribution in [1.82, 2.24) is 0 Å². The molecule has 3 nitrogen and oxygen atoms in total. The molecule has 0 aromatic heterocycles. The van der Waals surface area contributed by atoms with Crippen molar-refractivity contribution in [2.24, 2.45) is 0 Å². The quantitative estimate of drug-likeness (QED) is 0.398. The lowest BCUT2D eigenvalue weighted by Gasteiger charge is -2.12. The van der Waals surface area contributed by atoms with Crippen LogP contribution in [0.1, 0.15) is 27.8 Å². The Morgan fingerprint density at radius 2 is 1.71 bits per heavy atom. The summed E-state index contributed by atoms with van der Waals surface area (Å²) in [5.74, 6) is 1.32. The molecule has 3 heteroatoms. The summed E-state index contributed by atoms with van der Waals surface area (Å²) in [6, 6.07) is 24.1. The molecule has 0 aliphatic heterocycles. The molecule has 3 rings (SSSR count). The molecule has 0 aliphatic carbocycles. The van der Waals surface area contributed by atoms with Gasteiger partial charge in [-0.15, -0.1) is 0 Å². The van der Waals surface area contributed by atoms with Crippen molar-refractivity contribution in [2.75, 3.05) is 7.11 Å². The number of aryl methyl sites for hydroxylation is 2. The fourth-order valence-corrected chi connectivity index (χ4v) is 2.94. The molecule has 0 N–H and O–H groups in total. The fraction of sp³-hybridized carbons (Fsp3) is 0.160. The van der Waals surface area contributed by atoms with Gasteiger partial charge in [-0.2, -0.15) is 5.26 Å². The maximum Gasteiger partial charge on any atom is 0.161 e. The zero-order chi connectivity index (χ0) is 19.9. The molecular weight excluding hydrogens is 346 g/mol. The minimum atomic E-state index is 0.472. The molecule has 0 atom stereocenters. The number of allylic oxidation sites excluding steroid dienone is 1. The maximum atomic E-state index is 9.55. The van der Waals surface area contributed by atoms with E-state index in [1.54, 1.807) is 7.11 Å². The average molecular weight is 369 g/mol. The summed E-state index contributed by atoms with van der Waals surface area (Å²) >= 11 is 0. The Morgan fingerprint density at radius 3 is 2.39 bits per heavy atom. The van der Waals surface area contributed by atoms with Crippen LogP contribution in [0.4, 0.5) is 0 Å². The Hall–Kier alpha value is -3.51. The van der Waals surface area contributed by atoms with Crippen molar-refractivity contribution in [3.63, 3.8) is 0 Å². The second-order valence-electron chi connectivity index (χ2n) is 6.72. The van der Waals surface area contributed by atoms with E-state index in [-0.39, 0.29) is 0 Å². The number of nitriles is 1. The molecule has 0 aliphatic rings. The summed E-state index contributed by atoms with van der Waals surface area (Å²) in [5, 5.41) is 9.55. The van der Waals surface area contributed by atoms with E-state index in [4.69, 9.17) is 9.47 Å². The van der Waals surface area contributed by atoms with Crippen molar-refractivity contribution < 1.29 is 9.47 Å². The standard InChI is InChI=1S/C25H23NO2/c1-18-7-10-22(11-8-18)23(16-26)14-20-9-12-24(25(15-20)27-3)28-17-21-6-4-5-19(2)13-21/h4-15H,17H2,1-3H3/b23-14-. The van der Waals surface area contributed by atoms with E-state index in [9.17, 15) is 5.26 Å². The van der Waals surface area contributed by atoms with E-state index in [0.29, 0.717) is 23.7 Å². The van der Waals surface area contributed by atoms with Gasteiger partial charge in [0, 0.05) is 0 Å². The smallest absolute Gasteiger partial charge is 0.161 e. The summed E-state index contributed by atoms with van der Waals surface area (Å²) in [5.41, 5.74) is 5.86. The Kier molecular flexibility index (Phi) is 6.14. The van der Waals surface area contributed by atoms with Crippen LogP contribution >= 0.6 is 0 Å². The molecule has 140 valence electrons. The summed E-state index contributed by atoms with van der Waals surface area (Å²) in [7, 11) is 1.62. The van der Waals surface area contributed by atoms with Crippen LogP contribution in [-0.4, -0.2) is 7.11 Å². The van der Waals surface area contributed by atoms with Crippen LogP contribution in [0, 0.1) is 25.2 Å². The molecule has 3 aromatic rings. The van der Waals surface area contributed by atoms with E-state index in [1.165, 1.54) is 5.56 Å². The minimum absolute atomic E-state index is 0.472. The molecule has 3 aromatic carbocycles. The average Bonchev–Trinajstić information content (AvgIpc) is 2.71. The first-order chi connectivity index (χ1) is 13.6. The summed E-state index contributed by atoms with van der Waals surface area (Å²) in [6.07, 6.45) is 1.86. The molecule has 0 spiro atoms. The van der Waals surface area contributed by atoms with Crippen LogP contribution in [0.15, 0.2) is 66.7 Å². The molecule has 0 saturated carbocycles. The summed E-state index contributed by atoms with van der Waals surface area (Å²) in [6.45, 7) is 4.56. The molecular formula is C25H23NO2. The van der Waals surface area contributed by atoms with Gasteiger partial charge in [0.1, 0.15) is 6.61 Å². The van der Waals surface area contributed by atoms with Crippen molar-refractivity contribution >= 4 is 11.6 Å². The number of benzene rings is 3. The van der Waals surface area contributed by atoms with Crippen molar-refractivity contribution in [1.29, 1.82) is 5.26 Å². The predicted molar refractivity (Wildman–Crippen MR) is 113 cm³/mol. The summed E-state index contributed by atoms with van der Waals surface area (Å²) < 4.78 is 11.4. The van der Waals surface area contributed by atoms with E-state index in [2.05, 4.69) is 25.1 Å². The van der Waals surface area contributed by atoms with E-state index in [1.807, 2.05) is 67.6 Å². The zero-order valence-corrected chi connectivity index (χ0v) is 16.4. The van der Waals surface area contributed by atoms with Crippen LogP contribution in [-0.2, 0) is 6.61 Å². The topological polar surface area (TPSA) is 42.2 Å². The third-order valence-corrected chi connectivity index (χ3v) is 4.46. The molecule has 0 fully saturated rings. The number of hydrogen-bond donors (Lipinski definition) is 0. The Balaban J connectivity index is 1.82. The van der Waals surface area contributed by atoms with E-state index < -0.39 is 0 Å². The lowest BCUT2D eigenvalue weighted by Crippen LogP contribution is -1.98. The summed E-state index contributed by atoms with van der Waals surface area (Å²) in [4.78, 5) is 0. The first-order valence-corrected chi connectivity index (χ1v) is 9.14. The predicted octanol–water partition coefficient (Wildman–Crippen LogP) is 5.96. The highest BCUT2D eigenvalue weighted by atomic mass is 16.5. The molecule has 0 unspecified atom stereocenters. The van der Waals surface area contributed by atoms with Crippen LogP contribution in [0.5, 0.6) is 11.5 Å². The molecule has 28 heavy (non-hydrogen) atoms. The number of nitrogens with zero attached hydrogens (tertiary/aromatic N) is 1. The molecule has 0 saturated heterocycles. The number of methoxy groups -OCH3 is 1. The van der Waals surface area contributed by atoms with E-state index >= 15 is 0 Å². The first kappa shape index (κ1) is 19.3. The normalized spacial score (nSPS) is 11.0. The van der Waals surface area contributed by atoms with Crippen LogP contribution in [0.2, 0.25) is 0 Å². The van der Waals surface area contributed by atoms with Crippen LogP contribution < -0.4 is 9.47 Å². The van der Waals surface area contributed by atoms with Gasteiger partial charge in [0.25, 0.3) is 0 Å². The van der Waals surface area contributed by atoms with Crippen LogP contribution in [0.25, 0.3) is 11.6 Å². The third kappa shape index (κ3) is 4.81.